The Kier molecular flexibility index (Phi) is 4.83. The summed E-state index contributed by atoms with van der Waals surface area (Å²) in [6.45, 7) is 2.92. The predicted octanol–water partition coefficient (Wildman–Crippen LogP) is 0.858. The summed E-state index contributed by atoms with van der Waals surface area (Å²) in [6.07, 6.45) is 2.40. The number of rotatable bonds is 4. The molecule has 8 heteroatoms. The Balaban J connectivity index is 3.18. The summed E-state index contributed by atoms with van der Waals surface area (Å²) in [7, 11) is 1.21. The molecule has 1 rings (SSSR count). The lowest BCUT2D eigenvalue weighted by molar-refractivity contribution is -0.400. The zero-order valence-corrected chi connectivity index (χ0v) is 11.2. The van der Waals surface area contributed by atoms with E-state index in [1.807, 2.05) is 6.07 Å². The quantitative estimate of drug-likeness (QED) is 0.348. The van der Waals surface area contributed by atoms with Crippen molar-refractivity contribution < 1.29 is 24.5 Å². The molecule has 0 bridgehead atoms. The summed E-state index contributed by atoms with van der Waals surface area (Å²) in [4.78, 5) is 20.6. The highest BCUT2D eigenvalue weighted by atomic mass is 17.1. The lowest BCUT2D eigenvalue weighted by Gasteiger charge is -2.33. The van der Waals surface area contributed by atoms with Crippen molar-refractivity contribution in [1.29, 1.82) is 10.5 Å². The molecule has 8 nitrogen and oxygen atoms in total. The fraction of sp³-hybridized carbons (Fsp3) is 0.417. The molecule has 0 aromatic rings. The van der Waals surface area contributed by atoms with Crippen molar-refractivity contribution in [2.24, 2.45) is 0 Å². The summed E-state index contributed by atoms with van der Waals surface area (Å²) in [5.41, 5.74) is -1.34. The van der Waals surface area contributed by atoms with Crippen LogP contribution in [-0.2, 0) is 19.3 Å². The molecule has 1 aliphatic heterocycles. The molecule has 0 amide bonds. The summed E-state index contributed by atoms with van der Waals surface area (Å²) in [6, 6.07) is 2.70. The molecule has 0 spiro atoms. The molecule has 0 saturated carbocycles. The number of nitriles is 2. The van der Waals surface area contributed by atoms with E-state index in [4.69, 9.17) is 20.6 Å². The molecular weight excluding hydrogens is 266 g/mol. The predicted molar refractivity (Wildman–Crippen MR) is 63.9 cm³/mol. The van der Waals surface area contributed by atoms with E-state index in [0.29, 0.717) is 0 Å². The van der Waals surface area contributed by atoms with Gasteiger partial charge in [0.15, 0.2) is 5.72 Å². The maximum atomic E-state index is 11.1. The first-order valence-electron chi connectivity index (χ1n) is 5.51. The van der Waals surface area contributed by atoms with Crippen LogP contribution in [-0.4, -0.2) is 35.2 Å². The maximum Gasteiger partial charge on any atom is 0.330 e. The van der Waals surface area contributed by atoms with Crippen molar-refractivity contribution in [1.82, 2.24) is 5.06 Å². The molecule has 1 unspecified atom stereocenters. The number of carbonyl (C=O) groups excluding carboxylic acids is 1. The Hall–Kier alpha value is -2.39. The number of hydrogen-bond acceptors (Lipinski definition) is 8. The molecule has 0 fully saturated rings. The van der Waals surface area contributed by atoms with Crippen molar-refractivity contribution in [2.45, 2.75) is 25.6 Å². The Bertz CT molecular complexity index is 538. The first-order valence-corrected chi connectivity index (χ1v) is 5.51. The van der Waals surface area contributed by atoms with Crippen LogP contribution in [0.15, 0.2) is 23.5 Å². The third-order valence-electron chi connectivity index (χ3n) is 2.57. The van der Waals surface area contributed by atoms with E-state index in [-0.39, 0.29) is 11.3 Å². The van der Waals surface area contributed by atoms with Gasteiger partial charge in [-0.05, 0) is 13.8 Å². The van der Waals surface area contributed by atoms with Gasteiger partial charge >= 0.3 is 5.97 Å². The third-order valence-corrected chi connectivity index (χ3v) is 2.57. The van der Waals surface area contributed by atoms with E-state index in [0.717, 1.165) is 11.1 Å². The minimum atomic E-state index is -1.34. The van der Waals surface area contributed by atoms with Crippen molar-refractivity contribution >= 4 is 5.97 Å². The van der Waals surface area contributed by atoms with Gasteiger partial charge < -0.3 is 9.57 Å². The van der Waals surface area contributed by atoms with Gasteiger partial charge in [-0.15, -0.1) is 0 Å². The highest BCUT2D eigenvalue weighted by Gasteiger charge is 2.44. The summed E-state index contributed by atoms with van der Waals surface area (Å²) in [5, 5.41) is 28.0. The van der Waals surface area contributed by atoms with E-state index < -0.39 is 17.7 Å². The smallest absolute Gasteiger partial charge is 0.330 e. The van der Waals surface area contributed by atoms with E-state index in [2.05, 4.69) is 9.62 Å². The normalized spacial score (nSPS) is 19.6. The second-order valence-electron chi connectivity index (χ2n) is 4.25. The SMILES string of the molecule is COC(=O)/C=C\C1C(C#N)=C(C#N)ON1C(C)(C)OO. The summed E-state index contributed by atoms with van der Waals surface area (Å²) >= 11 is 0. The zero-order valence-electron chi connectivity index (χ0n) is 11.2. The highest BCUT2D eigenvalue weighted by molar-refractivity contribution is 5.82. The fourth-order valence-electron chi connectivity index (χ4n) is 1.55. The molecule has 106 valence electrons. The lowest BCUT2D eigenvalue weighted by atomic mass is 10.1. The number of carbonyl (C=O) groups is 1. The van der Waals surface area contributed by atoms with Crippen molar-refractivity contribution in [3.05, 3.63) is 23.5 Å². The standard InChI is InChI=1S/C12H13N3O5/c1-12(2,20-17)15-9(4-5-11(16)18-3)8(6-13)10(7-14)19-15/h4-5,9,17H,1-3H3/b5-4-. The van der Waals surface area contributed by atoms with Gasteiger partial charge in [-0.3, -0.25) is 0 Å². The van der Waals surface area contributed by atoms with Crippen LogP contribution in [0.5, 0.6) is 0 Å². The van der Waals surface area contributed by atoms with E-state index >= 15 is 0 Å². The molecule has 0 aromatic carbocycles. The Morgan fingerprint density at radius 3 is 2.60 bits per heavy atom. The number of nitrogens with zero attached hydrogens (tertiary/aromatic N) is 3. The molecule has 0 radical (unpaired) electrons. The number of hydrogen-bond donors (Lipinski definition) is 1. The Morgan fingerprint density at radius 1 is 1.50 bits per heavy atom. The van der Waals surface area contributed by atoms with Gasteiger partial charge in [0.2, 0.25) is 5.76 Å². The summed E-state index contributed by atoms with van der Waals surface area (Å²) < 4.78 is 4.45. The van der Waals surface area contributed by atoms with Gasteiger partial charge in [-0.25, -0.2) is 14.9 Å². The van der Waals surface area contributed by atoms with E-state index in [1.54, 1.807) is 6.07 Å². The van der Waals surface area contributed by atoms with Gasteiger partial charge in [-0.2, -0.15) is 10.5 Å². The average molecular weight is 279 g/mol. The van der Waals surface area contributed by atoms with Gasteiger partial charge in [0.1, 0.15) is 23.8 Å². The number of hydroxylamine groups is 2. The molecule has 0 aliphatic carbocycles. The number of allylic oxidation sites excluding steroid dienone is 1. The van der Waals surface area contributed by atoms with Crippen molar-refractivity contribution in [3.8, 4) is 12.1 Å². The van der Waals surface area contributed by atoms with Gasteiger partial charge in [0.25, 0.3) is 0 Å². The second kappa shape index (κ2) is 6.17. The minimum absolute atomic E-state index is 0.00206. The van der Waals surface area contributed by atoms with Gasteiger partial charge in [0.05, 0.1) is 7.11 Å². The van der Waals surface area contributed by atoms with Gasteiger partial charge in [-0.1, -0.05) is 11.1 Å². The van der Waals surface area contributed by atoms with Gasteiger partial charge in [0, 0.05) is 6.08 Å². The average Bonchev–Trinajstić information content (AvgIpc) is 2.82. The maximum absolute atomic E-state index is 11.1. The minimum Gasteiger partial charge on any atom is -0.466 e. The molecule has 1 aliphatic rings. The Morgan fingerprint density at radius 2 is 2.15 bits per heavy atom. The Labute approximate surface area is 115 Å². The zero-order chi connectivity index (χ0) is 15.3. The molecule has 0 aromatic heterocycles. The number of methoxy groups -OCH3 is 1. The van der Waals surface area contributed by atoms with Crippen LogP contribution in [0.1, 0.15) is 13.8 Å². The first-order chi connectivity index (χ1) is 9.41. The van der Waals surface area contributed by atoms with Crippen LogP contribution >= 0.6 is 0 Å². The molecule has 1 heterocycles. The number of esters is 1. The summed E-state index contributed by atoms with van der Waals surface area (Å²) in [5.74, 6) is -0.854. The first kappa shape index (κ1) is 15.7. The van der Waals surface area contributed by atoms with Crippen LogP contribution in [0.2, 0.25) is 0 Å². The topological polar surface area (TPSA) is 116 Å². The molecule has 1 N–H and O–H groups in total. The largest absolute Gasteiger partial charge is 0.466 e. The van der Waals surface area contributed by atoms with Crippen molar-refractivity contribution in [3.63, 3.8) is 0 Å². The third kappa shape index (κ3) is 2.95. The highest BCUT2D eigenvalue weighted by Crippen LogP contribution is 2.33. The van der Waals surface area contributed by atoms with Crippen LogP contribution in [0.4, 0.5) is 0 Å². The number of ether oxygens (including phenoxy) is 1. The van der Waals surface area contributed by atoms with Crippen LogP contribution in [0, 0.1) is 22.7 Å². The van der Waals surface area contributed by atoms with Crippen LogP contribution < -0.4 is 0 Å². The van der Waals surface area contributed by atoms with Crippen molar-refractivity contribution in [2.75, 3.05) is 7.11 Å². The molecule has 0 saturated heterocycles. The van der Waals surface area contributed by atoms with E-state index in [1.165, 1.54) is 27.0 Å². The fourth-order valence-corrected chi connectivity index (χ4v) is 1.55. The van der Waals surface area contributed by atoms with E-state index in [9.17, 15) is 4.79 Å². The second-order valence-corrected chi connectivity index (χ2v) is 4.25. The molecule has 20 heavy (non-hydrogen) atoms. The molecule has 1 atom stereocenters. The van der Waals surface area contributed by atoms with Crippen LogP contribution in [0.3, 0.4) is 0 Å². The lowest BCUT2D eigenvalue weighted by Crippen LogP contribution is -2.48. The van der Waals surface area contributed by atoms with Crippen LogP contribution in [0.25, 0.3) is 0 Å². The molecular formula is C12H13N3O5. The monoisotopic (exact) mass is 279 g/mol.